The van der Waals surface area contributed by atoms with Gasteiger partial charge in [0.25, 0.3) is 0 Å². The molecule has 0 saturated heterocycles. The van der Waals surface area contributed by atoms with Gasteiger partial charge in [0.05, 0.1) is 13.2 Å². The second-order valence-electron chi connectivity index (χ2n) is 5.52. The van der Waals surface area contributed by atoms with Crippen LogP contribution >= 0.6 is 0 Å². The van der Waals surface area contributed by atoms with E-state index in [1.54, 1.807) is 7.11 Å². The van der Waals surface area contributed by atoms with E-state index in [0.29, 0.717) is 6.04 Å². The number of rotatable bonds is 8. The van der Waals surface area contributed by atoms with Crippen LogP contribution in [0.5, 0.6) is 0 Å². The first-order valence-electron chi connectivity index (χ1n) is 7.02. The van der Waals surface area contributed by atoms with Gasteiger partial charge in [-0.2, -0.15) is 0 Å². The minimum atomic E-state index is 0.415. The van der Waals surface area contributed by atoms with Crippen LogP contribution in [-0.4, -0.2) is 39.5 Å². The van der Waals surface area contributed by atoms with Gasteiger partial charge >= 0.3 is 0 Å². The second-order valence-corrected chi connectivity index (χ2v) is 5.52. The van der Waals surface area contributed by atoms with Crippen molar-refractivity contribution in [1.82, 2.24) is 5.32 Å². The molecule has 0 aliphatic heterocycles. The minimum Gasteiger partial charge on any atom is -0.383 e. The highest BCUT2D eigenvalue weighted by Crippen LogP contribution is 2.28. The molecule has 3 unspecified atom stereocenters. The van der Waals surface area contributed by atoms with E-state index in [4.69, 9.17) is 9.47 Å². The van der Waals surface area contributed by atoms with Crippen LogP contribution in [0.2, 0.25) is 0 Å². The highest BCUT2D eigenvalue weighted by atomic mass is 16.5. The molecule has 17 heavy (non-hydrogen) atoms. The predicted octanol–water partition coefficient (Wildman–Crippen LogP) is 2.45. The molecule has 0 amide bonds. The summed E-state index contributed by atoms with van der Waals surface area (Å²) >= 11 is 0. The van der Waals surface area contributed by atoms with E-state index in [-0.39, 0.29) is 0 Å². The Kier molecular flexibility index (Phi) is 7.82. The van der Waals surface area contributed by atoms with Crippen molar-refractivity contribution in [3.63, 3.8) is 0 Å². The maximum Gasteiger partial charge on any atom is 0.0613 e. The molecule has 1 N–H and O–H groups in total. The quantitative estimate of drug-likeness (QED) is 0.664. The summed E-state index contributed by atoms with van der Waals surface area (Å²) in [5, 5.41) is 3.38. The van der Waals surface area contributed by atoms with E-state index in [2.05, 4.69) is 19.2 Å². The Morgan fingerprint density at radius 3 is 2.88 bits per heavy atom. The lowest BCUT2D eigenvalue weighted by Crippen LogP contribution is -2.33. The van der Waals surface area contributed by atoms with Crippen molar-refractivity contribution in [3.8, 4) is 0 Å². The highest BCUT2D eigenvalue weighted by molar-refractivity contribution is 4.70. The van der Waals surface area contributed by atoms with E-state index in [0.717, 1.165) is 38.2 Å². The number of nitrogens with one attached hydrogen (secondary N) is 1. The molecule has 3 heteroatoms. The molecule has 1 aliphatic carbocycles. The molecule has 1 rings (SSSR count). The number of methoxy groups -OCH3 is 1. The lowest BCUT2D eigenvalue weighted by atomic mass is 9.83. The van der Waals surface area contributed by atoms with Crippen LogP contribution < -0.4 is 5.32 Å². The van der Waals surface area contributed by atoms with Gasteiger partial charge in [-0.25, -0.2) is 0 Å². The predicted molar refractivity (Wildman–Crippen MR) is 71.3 cm³/mol. The molecule has 3 nitrogen and oxygen atoms in total. The monoisotopic (exact) mass is 243 g/mol. The Bertz CT molecular complexity index is 187. The first-order valence-corrected chi connectivity index (χ1v) is 7.02. The lowest BCUT2D eigenvalue weighted by Gasteiger charge is -2.26. The first-order chi connectivity index (χ1) is 8.22. The maximum absolute atomic E-state index is 5.75. The van der Waals surface area contributed by atoms with Gasteiger partial charge < -0.3 is 14.8 Å². The van der Waals surface area contributed by atoms with Crippen LogP contribution in [0.4, 0.5) is 0 Å². The van der Waals surface area contributed by atoms with Gasteiger partial charge in [-0.3, -0.25) is 0 Å². The molecule has 0 aromatic heterocycles. The molecule has 0 radical (unpaired) electrons. The van der Waals surface area contributed by atoms with Crippen LogP contribution in [0.15, 0.2) is 0 Å². The van der Waals surface area contributed by atoms with Gasteiger partial charge in [-0.15, -0.1) is 0 Å². The Labute approximate surface area is 106 Å². The van der Waals surface area contributed by atoms with Crippen LogP contribution in [0.25, 0.3) is 0 Å². The maximum atomic E-state index is 5.75. The molecule has 1 saturated carbocycles. The first kappa shape index (κ1) is 14.9. The summed E-state index contributed by atoms with van der Waals surface area (Å²) < 4.78 is 10.8. The van der Waals surface area contributed by atoms with Crippen molar-refractivity contribution < 1.29 is 9.47 Å². The molecule has 0 heterocycles. The SMILES string of the molecule is COCC(C)NCCOCC1CCCC(C)C1. The smallest absolute Gasteiger partial charge is 0.0613 e. The Hall–Kier alpha value is -0.120. The number of hydrogen-bond donors (Lipinski definition) is 1. The van der Waals surface area contributed by atoms with E-state index in [9.17, 15) is 0 Å². The normalized spacial score (nSPS) is 27.0. The highest BCUT2D eigenvalue weighted by Gasteiger charge is 2.18. The third-order valence-corrected chi connectivity index (χ3v) is 3.55. The Morgan fingerprint density at radius 1 is 1.35 bits per heavy atom. The van der Waals surface area contributed by atoms with E-state index >= 15 is 0 Å². The van der Waals surface area contributed by atoms with Crippen LogP contribution in [0.3, 0.4) is 0 Å². The van der Waals surface area contributed by atoms with Gasteiger partial charge in [0.1, 0.15) is 0 Å². The molecule has 1 aliphatic rings. The second kappa shape index (κ2) is 8.90. The van der Waals surface area contributed by atoms with Crippen LogP contribution in [0, 0.1) is 11.8 Å². The summed E-state index contributed by atoms with van der Waals surface area (Å²) in [5.41, 5.74) is 0. The van der Waals surface area contributed by atoms with Crippen molar-refractivity contribution >= 4 is 0 Å². The third-order valence-electron chi connectivity index (χ3n) is 3.55. The molecule has 0 spiro atoms. The zero-order valence-corrected chi connectivity index (χ0v) is 11.7. The standard InChI is InChI=1S/C14H29NO2/c1-12-5-4-6-14(9-12)11-17-8-7-15-13(2)10-16-3/h12-15H,4-11H2,1-3H3. The van der Waals surface area contributed by atoms with Gasteiger partial charge in [-0.05, 0) is 31.6 Å². The average molecular weight is 243 g/mol. The van der Waals surface area contributed by atoms with Crippen LogP contribution in [-0.2, 0) is 9.47 Å². The Morgan fingerprint density at radius 2 is 2.18 bits per heavy atom. The lowest BCUT2D eigenvalue weighted by molar-refractivity contribution is 0.0749. The zero-order chi connectivity index (χ0) is 12.5. The number of hydrogen-bond acceptors (Lipinski definition) is 3. The van der Waals surface area contributed by atoms with E-state index in [1.165, 1.54) is 25.7 Å². The van der Waals surface area contributed by atoms with Crippen LogP contribution in [0.1, 0.15) is 39.5 Å². The average Bonchev–Trinajstić information content (AvgIpc) is 2.29. The zero-order valence-electron chi connectivity index (χ0n) is 11.7. The van der Waals surface area contributed by atoms with Crippen molar-refractivity contribution in [1.29, 1.82) is 0 Å². The summed E-state index contributed by atoms with van der Waals surface area (Å²) in [6, 6.07) is 0.415. The molecular formula is C14H29NO2. The van der Waals surface area contributed by atoms with E-state index in [1.807, 2.05) is 0 Å². The molecule has 102 valence electrons. The fraction of sp³-hybridized carbons (Fsp3) is 1.00. The summed E-state index contributed by atoms with van der Waals surface area (Å²) in [6.07, 6.45) is 5.51. The summed E-state index contributed by atoms with van der Waals surface area (Å²) in [5.74, 6) is 1.70. The summed E-state index contributed by atoms with van der Waals surface area (Å²) in [7, 11) is 1.74. The van der Waals surface area contributed by atoms with Crippen molar-refractivity contribution in [3.05, 3.63) is 0 Å². The van der Waals surface area contributed by atoms with Gasteiger partial charge in [0.2, 0.25) is 0 Å². The van der Waals surface area contributed by atoms with Crippen molar-refractivity contribution in [2.24, 2.45) is 11.8 Å². The fourth-order valence-corrected chi connectivity index (χ4v) is 2.65. The molecule has 0 aromatic rings. The molecular weight excluding hydrogens is 214 g/mol. The van der Waals surface area contributed by atoms with Gasteiger partial charge in [-0.1, -0.05) is 19.8 Å². The summed E-state index contributed by atoms with van der Waals surface area (Å²) in [6.45, 7) is 7.95. The van der Waals surface area contributed by atoms with Gasteiger partial charge in [0, 0.05) is 26.3 Å². The molecule has 0 aromatic carbocycles. The minimum absolute atomic E-state index is 0.415. The van der Waals surface area contributed by atoms with Gasteiger partial charge in [0.15, 0.2) is 0 Å². The molecule has 0 bridgehead atoms. The third kappa shape index (κ3) is 7.02. The molecule has 3 atom stereocenters. The fourth-order valence-electron chi connectivity index (χ4n) is 2.65. The van der Waals surface area contributed by atoms with E-state index < -0.39 is 0 Å². The number of ether oxygens (including phenoxy) is 2. The largest absolute Gasteiger partial charge is 0.383 e. The van der Waals surface area contributed by atoms with Crippen molar-refractivity contribution in [2.45, 2.75) is 45.6 Å². The summed E-state index contributed by atoms with van der Waals surface area (Å²) in [4.78, 5) is 0. The topological polar surface area (TPSA) is 30.5 Å². The Balaban J connectivity index is 1.93. The van der Waals surface area contributed by atoms with Crippen molar-refractivity contribution in [2.75, 3.05) is 33.5 Å². The molecule has 1 fully saturated rings.